The van der Waals surface area contributed by atoms with E-state index in [1.807, 2.05) is 11.3 Å². The van der Waals surface area contributed by atoms with Gasteiger partial charge in [-0.3, -0.25) is 4.90 Å². The smallest absolute Gasteiger partial charge is 0.0330 e. The average Bonchev–Trinajstić information content (AvgIpc) is 2.96. The van der Waals surface area contributed by atoms with E-state index in [2.05, 4.69) is 48.5 Å². The molecule has 2 heterocycles. The van der Waals surface area contributed by atoms with Crippen molar-refractivity contribution >= 4 is 11.3 Å². The fraction of sp³-hybridized carbons (Fsp3) is 0.765. The van der Waals surface area contributed by atoms with Gasteiger partial charge in [0.2, 0.25) is 0 Å². The second-order valence-corrected chi connectivity index (χ2v) is 7.55. The van der Waals surface area contributed by atoms with Crippen molar-refractivity contribution < 1.29 is 0 Å². The molecule has 0 aliphatic carbocycles. The molecule has 0 saturated carbocycles. The van der Waals surface area contributed by atoms with E-state index in [4.69, 9.17) is 0 Å². The van der Waals surface area contributed by atoms with Crippen molar-refractivity contribution in [1.82, 2.24) is 10.2 Å². The van der Waals surface area contributed by atoms with E-state index < -0.39 is 0 Å². The van der Waals surface area contributed by atoms with Gasteiger partial charge in [0.1, 0.15) is 0 Å². The summed E-state index contributed by atoms with van der Waals surface area (Å²) in [6.07, 6.45) is 4.11. The maximum atomic E-state index is 3.55. The molecule has 1 aromatic heterocycles. The molecule has 2 nitrogen and oxygen atoms in total. The monoisotopic (exact) mass is 294 g/mol. The van der Waals surface area contributed by atoms with Gasteiger partial charge in [-0.1, -0.05) is 13.0 Å². The van der Waals surface area contributed by atoms with Gasteiger partial charge in [-0.25, -0.2) is 0 Å². The summed E-state index contributed by atoms with van der Waals surface area (Å²) in [5.74, 6) is 1.73. The molecule has 1 N–H and O–H groups in total. The van der Waals surface area contributed by atoms with Crippen molar-refractivity contribution in [2.75, 3.05) is 19.6 Å². The lowest BCUT2D eigenvalue weighted by molar-refractivity contribution is 0.178. The van der Waals surface area contributed by atoms with E-state index in [0.717, 1.165) is 18.4 Å². The minimum absolute atomic E-state index is 0.633. The first-order chi connectivity index (χ1) is 9.66. The summed E-state index contributed by atoms with van der Waals surface area (Å²) >= 11 is 1.88. The second kappa shape index (κ2) is 8.16. The molecule has 114 valence electrons. The lowest BCUT2D eigenvalue weighted by Gasteiger charge is -2.32. The van der Waals surface area contributed by atoms with Gasteiger partial charge in [0.15, 0.2) is 0 Å². The fourth-order valence-corrected chi connectivity index (χ4v) is 3.82. The van der Waals surface area contributed by atoms with E-state index >= 15 is 0 Å². The van der Waals surface area contributed by atoms with E-state index in [1.165, 1.54) is 43.8 Å². The maximum Gasteiger partial charge on any atom is 0.0330 e. The van der Waals surface area contributed by atoms with Crippen LogP contribution in [0.5, 0.6) is 0 Å². The van der Waals surface area contributed by atoms with Crippen molar-refractivity contribution in [3.8, 4) is 0 Å². The van der Waals surface area contributed by atoms with Crippen LogP contribution in [0.4, 0.5) is 0 Å². The summed E-state index contributed by atoms with van der Waals surface area (Å²) in [5, 5.41) is 5.74. The first kappa shape index (κ1) is 16.0. The number of nitrogens with one attached hydrogen (secondary N) is 1. The van der Waals surface area contributed by atoms with Crippen molar-refractivity contribution in [1.29, 1.82) is 0 Å². The first-order valence-corrected chi connectivity index (χ1v) is 9.02. The molecule has 0 spiro atoms. The number of hydrogen-bond donors (Lipinski definition) is 1. The second-order valence-electron chi connectivity index (χ2n) is 6.52. The minimum atomic E-state index is 0.633. The molecule has 0 amide bonds. The summed E-state index contributed by atoms with van der Waals surface area (Å²) in [6, 6.07) is 5.05. The predicted octanol–water partition coefficient (Wildman–Crippen LogP) is 3.98. The van der Waals surface area contributed by atoms with Gasteiger partial charge >= 0.3 is 0 Å². The Morgan fingerprint density at radius 2 is 2.25 bits per heavy atom. The standard InChI is InChI=1S/C17H30N2S/c1-14(2)19(13-17-7-5-11-20-17)10-8-15(3)16-6-4-9-18-12-16/h5,7,11,14-16,18H,4,6,8-10,12-13H2,1-3H3. The lowest BCUT2D eigenvalue weighted by atomic mass is 9.85. The van der Waals surface area contributed by atoms with Crippen LogP contribution in [-0.4, -0.2) is 30.6 Å². The third-order valence-corrected chi connectivity index (χ3v) is 5.54. The third kappa shape index (κ3) is 4.87. The van der Waals surface area contributed by atoms with Crippen LogP contribution < -0.4 is 5.32 Å². The molecule has 2 rings (SSSR count). The number of rotatable bonds is 7. The van der Waals surface area contributed by atoms with Crippen molar-refractivity contribution in [2.24, 2.45) is 11.8 Å². The molecule has 1 saturated heterocycles. The highest BCUT2D eigenvalue weighted by atomic mass is 32.1. The van der Waals surface area contributed by atoms with Crippen molar-refractivity contribution in [2.45, 2.75) is 52.6 Å². The van der Waals surface area contributed by atoms with Gasteiger partial charge in [0.25, 0.3) is 0 Å². The number of thiophene rings is 1. The molecule has 2 unspecified atom stereocenters. The SMILES string of the molecule is CC(CCN(Cc1cccs1)C(C)C)C1CCCNC1. The number of nitrogens with zero attached hydrogens (tertiary/aromatic N) is 1. The van der Waals surface area contributed by atoms with Gasteiger partial charge < -0.3 is 5.32 Å². The van der Waals surface area contributed by atoms with Gasteiger partial charge in [0, 0.05) is 17.5 Å². The highest BCUT2D eigenvalue weighted by molar-refractivity contribution is 7.09. The molecule has 1 aromatic rings. The number of piperidine rings is 1. The molecule has 2 atom stereocenters. The molecule has 0 bridgehead atoms. The van der Waals surface area contributed by atoms with Crippen molar-refractivity contribution in [3.05, 3.63) is 22.4 Å². The Kier molecular flexibility index (Phi) is 6.53. The Morgan fingerprint density at radius 3 is 2.85 bits per heavy atom. The molecule has 20 heavy (non-hydrogen) atoms. The normalized spacial score (nSPS) is 21.6. The van der Waals surface area contributed by atoms with Crippen LogP contribution in [0.25, 0.3) is 0 Å². The van der Waals surface area contributed by atoms with Crippen LogP contribution in [0.1, 0.15) is 44.9 Å². The van der Waals surface area contributed by atoms with Crippen LogP contribution in [0.3, 0.4) is 0 Å². The highest BCUT2D eigenvalue weighted by Crippen LogP contribution is 2.23. The minimum Gasteiger partial charge on any atom is -0.316 e. The molecule has 1 aliphatic rings. The summed E-state index contributed by atoms with van der Waals surface area (Å²) in [5.41, 5.74) is 0. The molecule has 3 heteroatoms. The van der Waals surface area contributed by atoms with Crippen molar-refractivity contribution in [3.63, 3.8) is 0 Å². The van der Waals surface area contributed by atoms with E-state index in [9.17, 15) is 0 Å². The molecule has 1 aliphatic heterocycles. The first-order valence-electron chi connectivity index (χ1n) is 8.14. The van der Waals surface area contributed by atoms with Crippen LogP contribution in [-0.2, 0) is 6.54 Å². The molecule has 1 fully saturated rings. The third-order valence-electron chi connectivity index (χ3n) is 4.68. The van der Waals surface area contributed by atoms with E-state index in [-0.39, 0.29) is 0 Å². The lowest BCUT2D eigenvalue weighted by Crippen LogP contribution is -2.36. The van der Waals surface area contributed by atoms with Crippen LogP contribution in [0, 0.1) is 11.8 Å². The highest BCUT2D eigenvalue weighted by Gasteiger charge is 2.21. The summed E-state index contributed by atoms with van der Waals surface area (Å²) in [7, 11) is 0. The quantitative estimate of drug-likeness (QED) is 0.818. The Morgan fingerprint density at radius 1 is 1.40 bits per heavy atom. The van der Waals surface area contributed by atoms with Crippen LogP contribution in [0.2, 0.25) is 0 Å². The van der Waals surface area contributed by atoms with Gasteiger partial charge in [-0.15, -0.1) is 11.3 Å². The van der Waals surface area contributed by atoms with Gasteiger partial charge in [0.05, 0.1) is 0 Å². The summed E-state index contributed by atoms with van der Waals surface area (Å²) in [4.78, 5) is 4.11. The summed E-state index contributed by atoms with van der Waals surface area (Å²) in [6.45, 7) is 11.9. The zero-order chi connectivity index (χ0) is 14.4. The Bertz CT molecular complexity index is 355. The predicted molar refractivity (Wildman–Crippen MR) is 89.2 cm³/mol. The van der Waals surface area contributed by atoms with Gasteiger partial charge in [-0.2, -0.15) is 0 Å². The Labute approximate surface area is 128 Å². The zero-order valence-corrected chi connectivity index (χ0v) is 14.1. The maximum absolute atomic E-state index is 3.55. The fourth-order valence-electron chi connectivity index (χ4n) is 3.09. The average molecular weight is 295 g/mol. The number of hydrogen-bond acceptors (Lipinski definition) is 3. The molecule has 0 aromatic carbocycles. The zero-order valence-electron chi connectivity index (χ0n) is 13.3. The Hall–Kier alpha value is -0.380. The van der Waals surface area contributed by atoms with E-state index in [1.54, 1.807) is 0 Å². The van der Waals surface area contributed by atoms with Crippen LogP contribution in [0.15, 0.2) is 17.5 Å². The van der Waals surface area contributed by atoms with Crippen LogP contribution >= 0.6 is 11.3 Å². The Balaban J connectivity index is 1.79. The van der Waals surface area contributed by atoms with Gasteiger partial charge in [-0.05, 0) is 76.0 Å². The molecular formula is C17H30N2S. The molecular weight excluding hydrogens is 264 g/mol. The molecule has 0 radical (unpaired) electrons. The topological polar surface area (TPSA) is 15.3 Å². The van der Waals surface area contributed by atoms with E-state index in [0.29, 0.717) is 6.04 Å². The summed E-state index contributed by atoms with van der Waals surface area (Å²) < 4.78 is 0. The largest absolute Gasteiger partial charge is 0.316 e.